The number of benzene rings is 1. The number of thiazole rings is 1. The number of nitrogens with zero attached hydrogens (tertiary/aromatic N) is 2. The van der Waals surface area contributed by atoms with Crippen LogP contribution in [0.4, 0.5) is 5.69 Å². The van der Waals surface area contributed by atoms with Crippen molar-refractivity contribution < 1.29 is 9.53 Å². The van der Waals surface area contributed by atoms with Crippen LogP contribution in [0.1, 0.15) is 11.3 Å². The molecule has 1 N–H and O–H groups in total. The number of carbonyl (C=O) groups excluding carboxylic acids is 1. The van der Waals surface area contributed by atoms with Crippen LogP contribution in [0.25, 0.3) is 10.7 Å². The first-order valence-electron chi connectivity index (χ1n) is 7.48. The minimum absolute atomic E-state index is 0.0950. The minimum Gasteiger partial charge on any atom is -0.380 e. The minimum atomic E-state index is -0.0950. The molecule has 0 aliphatic rings. The molecule has 2 aromatic heterocycles. The van der Waals surface area contributed by atoms with Crippen LogP contribution < -0.4 is 5.32 Å². The first-order valence-corrected chi connectivity index (χ1v) is 8.36. The second kappa shape index (κ2) is 7.81. The number of carbonyl (C=O) groups is 1. The number of ether oxygens (including phenoxy) is 1. The molecular weight excluding hydrogens is 322 g/mol. The first kappa shape index (κ1) is 16.3. The van der Waals surface area contributed by atoms with Crippen molar-refractivity contribution in [3.63, 3.8) is 0 Å². The Bertz CT molecular complexity index is 818. The molecule has 3 rings (SSSR count). The number of nitrogens with one attached hydrogen (secondary N) is 1. The number of hydrogen-bond donors (Lipinski definition) is 1. The summed E-state index contributed by atoms with van der Waals surface area (Å²) in [6.07, 6.45) is 1.97. The normalized spacial score (nSPS) is 10.5. The summed E-state index contributed by atoms with van der Waals surface area (Å²) in [6.45, 7) is 0.517. The van der Waals surface area contributed by atoms with E-state index in [9.17, 15) is 4.79 Å². The largest absolute Gasteiger partial charge is 0.380 e. The van der Waals surface area contributed by atoms with Gasteiger partial charge in [0.25, 0.3) is 0 Å². The molecule has 5 nitrogen and oxygen atoms in total. The lowest BCUT2D eigenvalue weighted by molar-refractivity contribution is -0.115. The summed E-state index contributed by atoms with van der Waals surface area (Å²) < 4.78 is 5.10. The summed E-state index contributed by atoms with van der Waals surface area (Å²) in [5.41, 5.74) is 3.34. The number of rotatable bonds is 6. The maximum atomic E-state index is 12.2. The molecule has 0 bridgehead atoms. The lowest BCUT2D eigenvalue weighted by Crippen LogP contribution is -2.14. The highest BCUT2D eigenvalue weighted by molar-refractivity contribution is 7.13. The van der Waals surface area contributed by atoms with Gasteiger partial charge >= 0.3 is 0 Å². The van der Waals surface area contributed by atoms with Gasteiger partial charge in [-0.1, -0.05) is 18.2 Å². The molecule has 1 amide bonds. The number of aromatic nitrogens is 2. The third-order valence-electron chi connectivity index (χ3n) is 3.30. The Morgan fingerprint density at radius 1 is 1.25 bits per heavy atom. The number of amides is 1. The van der Waals surface area contributed by atoms with Crippen molar-refractivity contribution in [3.8, 4) is 10.7 Å². The van der Waals surface area contributed by atoms with Gasteiger partial charge in [0.15, 0.2) is 0 Å². The van der Waals surface area contributed by atoms with E-state index in [1.807, 2.05) is 47.8 Å². The lowest BCUT2D eigenvalue weighted by atomic mass is 10.2. The van der Waals surface area contributed by atoms with Crippen LogP contribution in [0, 0.1) is 0 Å². The van der Waals surface area contributed by atoms with E-state index in [0.717, 1.165) is 27.6 Å². The van der Waals surface area contributed by atoms with E-state index in [-0.39, 0.29) is 12.3 Å². The molecular formula is C18H17N3O2S. The highest BCUT2D eigenvalue weighted by Gasteiger charge is 2.10. The van der Waals surface area contributed by atoms with E-state index < -0.39 is 0 Å². The molecule has 0 fully saturated rings. The van der Waals surface area contributed by atoms with Gasteiger partial charge in [-0.3, -0.25) is 9.78 Å². The topological polar surface area (TPSA) is 64.1 Å². The smallest absolute Gasteiger partial charge is 0.230 e. The van der Waals surface area contributed by atoms with Crippen LogP contribution in [0.2, 0.25) is 0 Å². The van der Waals surface area contributed by atoms with Crippen molar-refractivity contribution in [1.82, 2.24) is 9.97 Å². The standard InChI is InChI=1S/C18H17N3O2S/c1-23-11-13-5-4-6-14(9-13)20-17(22)10-15-12-24-18(21-15)16-7-2-3-8-19-16/h2-9,12H,10-11H2,1H3,(H,20,22). The average molecular weight is 339 g/mol. The van der Waals surface area contributed by atoms with Crippen molar-refractivity contribution in [2.75, 3.05) is 12.4 Å². The van der Waals surface area contributed by atoms with Crippen molar-refractivity contribution in [2.24, 2.45) is 0 Å². The molecule has 0 spiro atoms. The van der Waals surface area contributed by atoms with Crippen LogP contribution in [0.3, 0.4) is 0 Å². The van der Waals surface area contributed by atoms with Gasteiger partial charge in [-0.25, -0.2) is 4.98 Å². The van der Waals surface area contributed by atoms with E-state index in [4.69, 9.17) is 4.74 Å². The molecule has 6 heteroatoms. The monoisotopic (exact) mass is 339 g/mol. The van der Waals surface area contributed by atoms with Gasteiger partial charge in [-0.2, -0.15) is 0 Å². The van der Waals surface area contributed by atoms with E-state index in [2.05, 4.69) is 15.3 Å². The Labute approximate surface area is 144 Å². The number of pyridine rings is 1. The predicted molar refractivity (Wildman–Crippen MR) is 94.8 cm³/mol. The average Bonchev–Trinajstić information content (AvgIpc) is 3.04. The maximum Gasteiger partial charge on any atom is 0.230 e. The molecule has 1 aromatic carbocycles. The van der Waals surface area contributed by atoms with E-state index in [0.29, 0.717) is 6.61 Å². The molecule has 122 valence electrons. The second-order valence-electron chi connectivity index (χ2n) is 5.22. The summed E-state index contributed by atoms with van der Waals surface area (Å²) >= 11 is 1.49. The van der Waals surface area contributed by atoms with Crippen LogP contribution in [-0.2, 0) is 22.6 Å². The zero-order valence-electron chi connectivity index (χ0n) is 13.2. The van der Waals surface area contributed by atoms with Crippen molar-refractivity contribution in [2.45, 2.75) is 13.0 Å². The highest BCUT2D eigenvalue weighted by Crippen LogP contribution is 2.21. The van der Waals surface area contributed by atoms with Gasteiger partial charge < -0.3 is 10.1 Å². The quantitative estimate of drug-likeness (QED) is 0.746. The van der Waals surface area contributed by atoms with Gasteiger partial charge in [0.2, 0.25) is 5.91 Å². The van der Waals surface area contributed by atoms with Crippen LogP contribution in [-0.4, -0.2) is 23.0 Å². The molecule has 0 saturated carbocycles. The summed E-state index contributed by atoms with van der Waals surface area (Å²) in [4.78, 5) is 21.0. The molecule has 0 aliphatic heterocycles. The predicted octanol–water partition coefficient (Wildman–Crippen LogP) is 3.53. The van der Waals surface area contributed by atoms with E-state index in [1.165, 1.54) is 11.3 Å². The van der Waals surface area contributed by atoms with Crippen LogP contribution in [0.15, 0.2) is 54.0 Å². The Morgan fingerprint density at radius 3 is 2.96 bits per heavy atom. The second-order valence-corrected chi connectivity index (χ2v) is 6.08. The SMILES string of the molecule is COCc1cccc(NC(=O)Cc2csc(-c3ccccn3)n2)c1. The number of anilines is 1. The highest BCUT2D eigenvalue weighted by atomic mass is 32.1. The molecule has 0 atom stereocenters. The fourth-order valence-electron chi connectivity index (χ4n) is 2.27. The zero-order valence-corrected chi connectivity index (χ0v) is 14.0. The fourth-order valence-corrected chi connectivity index (χ4v) is 3.07. The van der Waals surface area contributed by atoms with Gasteiger partial charge in [0, 0.05) is 24.4 Å². The van der Waals surface area contributed by atoms with Gasteiger partial charge in [0.1, 0.15) is 5.01 Å². The molecule has 0 aliphatic carbocycles. The van der Waals surface area contributed by atoms with Crippen molar-refractivity contribution in [1.29, 1.82) is 0 Å². The van der Waals surface area contributed by atoms with Gasteiger partial charge in [-0.15, -0.1) is 11.3 Å². The fraction of sp³-hybridized carbons (Fsp3) is 0.167. The number of hydrogen-bond acceptors (Lipinski definition) is 5. The maximum absolute atomic E-state index is 12.2. The first-order chi connectivity index (χ1) is 11.7. The van der Waals surface area contributed by atoms with Gasteiger partial charge in [-0.05, 0) is 29.8 Å². The van der Waals surface area contributed by atoms with Crippen molar-refractivity contribution in [3.05, 3.63) is 65.3 Å². The van der Waals surface area contributed by atoms with Gasteiger partial charge in [0.05, 0.1) is 24.4 Å². The molecule has 3 aromatic rings. The van der Waals surface area contributed by atoms with Crippen LogP contribution >= 0.6 is 11.3 Å². The Balaban J connectivity index is 1.63. The van der Waals surface area contributed by atoms with E-state index >= 15 is 0 Å². The Kier molecular flexibility index (Phi) is 5.30. The van der Waals surface area contributed by atoms with Crippen molar-refractivity contribution >= 4 is 22.9 Å². The third kappa shape index (κ3) is 4.24. The summed E-state index contributed by atoms with van der Waals surface area (Å²) in [5.74, 6) is -0.0950. The lowest BCUT2D eigenvalue weighted by Gasteiger charge is -2.06. The number of methoxy groups -OCH3 is 1. The molecule has 0 radical (unpaired) electrons. The Morgan fingerprint density at radius 2 is 2.17 bits per heavy atom. The third-order valence-corrected chi connectivity index (χ3v) is 4.21. The summed E-state index contributed by atoms with van der Waals surface area (Å²) in [6, 6.07) is 13.3. The van der Waals surface area contributed by atoms with Crippen LogP contribution in [0.5, 0.6) is 0 Å². The zero-order chi connectivity index (χ0) is 16.8. The van der Waals surface area contributed by atoms with E-state index in [1.54, 1.807) is 13.3 Å². The molecule has 24 heavy (non-hydrogen) atoms. The molecule has 0 unspecified atom stereocenters. The molecule has 2 heterocycles. The molecule has 0 saturated heterocycles. The summed E-state index contributed by atoms with van der Waals surface area (Å²) in [5, 5.41) is 5.61. The Hall–Kier alpha value is -2.57. The summed E-state index contributed by atoms with van der Waals surface area (Å²) in [7, 11) is 1.65.